The van der Waals surface area contributed by atoms with Gasteiger partial charge in [-0.3, -0.25) is 0 Å². The van der Waals surface area contributed by atoms with Gasteiger partial charge in [-0.2, -0.15) is 0 Å². The van der Waals surface area contributed by atoms with Crippen molar-refractivity contribution in [1.29, 1.82) is 0 Å². The Morgan fingerprint density at radius 3 is 2.37 bits per heavy atom. The summed E-state index contributed by atoms with van der Waals surface area (Å²) >= 11 is 0. The first-order chi connectivity index (χ1) is 9.13. The van der Waals surface area contributed by atoms with Crippen molar-refractivity contribution in [2.45, 2.75) is 20.3 Å². The third kappa shape index (κ3) is 9.72. The highest BCUT2D eigenvalue weighted by molar-refractivity contribution is 5.38. The van der Waals surface area contributed by atoms with Crippen molar-refractivity contribution in [3.05, 3.63) is 72.7 Å². The summed E-state index contributed by atoms with van der Waals surface area (Å²) in [6.07, 6.45) is 14.6. The largest absolute Gasteiger partial charge is 0.494 e. The smallest absolute Gasteiger partial charge is 0.112 e. The topological polar surface area (TPSA) is 21.3 Å². The molecule has 0 atom stereocenters. The summed E-state index contributed by atoms with van der Waals surface area (Å²) in [6, 6.07) is 0. The Kier molecular flexibility index (Phi) is 10.00. The summed E-state index contributed by atoms with van der Waals surface area (Å²) in [4.78, 5) is 0. The van der Waals surface area contributed by atoms with E-state index >= 15 is 0 Å². The molecule has 0 heterocycles. The fourth-order valence-electron chi connectivity index (χ4n) is 1.17. The van der Waals surface area contributed by atoms with Gasteiger partial charge in [0.2, 0.25) is 0 Å². The number of hydrogen-bond donors (Lipinski definition) is 1. The lowest BCUT2D eigenvalue weighted by molar-refractivity contribution is 0.226. The molecule has 0 unspecified atom stereocenters. The Labute approximate surface area is 117 Å². The van der Waals surface area contributed by atoms with Crippen molar-refractivity contribution >= 4 is 0 Å². The second kappa shape index (κ2) is 11.1. The van der Waals surface area contributed by atoms with Crippen LogP contribution in [0.5, 0.6) is 0 Å². The van der Waals surface area contributed by atoms with Gasteiger partial charge < -0.3 is 10.1 Å². The average Bonchev–Trinajstić information content (AvgIpc) is 2.43. The highest BCUT2D eigenvalue weighted by atomic mass is 16.5. The average molecular weight is 259 g/mol. The van der Waals surface area contributed by atoms with Crippen molar-refractivity contribution < 1.29 is 4.74 Å². The maximum atomic E-state index is 5.36. The first kappa shape index (κ1) is 17.0. The zero-order valence-corrected chi connectivity index (χ0v) is 12.3. The molecule has 19 heavy (non-hydrogen) atoms. The van der Waals surface area contributed by atoms with Gasteiger partial charge in [0.15, 0.2) is 0 Å². The van der Waals surface area contributed by atoms with Crippen LogP contribution in [0.3, 0.4) is 0 Å². The molecule has 104 valence electrons. The van der Waals surface area contributed by atoms with E-state index in [2.05, 4.69) is 25.4 Å². The van der Waals surface area contributed by atoms with E-state index in [0.717, 1.165) is 17.6 Å². The lowest BCUT2D eigenvalue weighted by Crippen LogP contribution is -1.91. The second-order valence-corrected chi connectivity index (χ2v) is 3.97. The molecule has 0 aliphatic heterocycles. The summed E-state index contributed by atoms with van der Waals surface area (Å²) < 4.78 is 5.36. The minimum Gasteiger partial charge on any atom is -0.494 e. The highest BCUT2D eigenvalue weighted by Crippen LogP contribution is 2.05. The van der Waals surface area contributed by atoms with Crippen LogP contribution in [0.15, 0.2) is 72.7 Å². The van der Waals surface area contributed by atoms with Gasteiger partial charge in [0.1, 0.15) is 5.76 Å². The van der Waals surface area contributed by atoms with Crippen LogP contribution >= 0.6 is 0 Å². The first-order valence-electron chi connectivity index (χ1n) is 6.51. The van der Waals surface area contributed by atoms with Crippen LogP contribution in [0, 0.1) is 0 Å². The Morgan fingerprint density at radius 2 is 1.79 bits per heavy atom. The summed E-state index contributed by atoms with van der Waals surface area (Å²) in [5, 5.41) is 2.96. The molecule has 0 saturated carbocycles. The number of allylic oxidation sites excluding steroid dienone is 8. The summed E-state index contributed by atoms with van der Waals surface area (Å²) in [5.41, 5.74) is 2.02. The van der Waals surface area contributed by atoms with Crippen LogP contribution in [-0.4, -0.2) is 13.7 Å². The predicted octanol–water partition coefficient (Wildman–Crippen LogP) is 4.27. The van der Waals surface area contributed by atoms with Gasteiger partial charge in [-0.1, -0.05) is 44.4 Å². The molecule has 0 aromatic carbocycles. The van der Waals surface area contributed by atoms with Crippen LogP contribution in [0.4, 0.5) is 0 Å². The molecule has 0 amide bonds. The van der Waals surface area contributed by atoms with E-state index in [9.17, 15) is 0 Å². The van der Waals surface area contributed by atoms with Gasteiger partial charge in [0, 0.05) is 7.05 Å². The molecule has 2 nitrogen and oxygen atoms in total. The summed E-state index contributed by atoms with van der Waals surface area (Å²) in [7, 11) is 1.87. The molecule has 0 aromatic rings. The third-order valence-corrected chi connectivity index (χ3v) is 2.24. The van der Waals surface area contributed by atoms with Crippen molar-refractivity contribution in [1.82, 2.24) is 5.32 Å². The maximum Gasteiger partial charge on any atom is 0.112 e. The van der Waals surface area contributed by atoms with Gasteiger partial charge in [-0.25, -0.2) is 0 Å². The lowest BCUT2D eigenvalue weighted by Gasteiger charge is -2.02. The van der Waals surface area contributed by atoms with Gasteiger partial charge in [-0.05, 0) is 42.8 Å². The predicted molar refractivity (Wildman–Crippen MR) is 84.8 cm³/mol. The molecule has 0 radical (unpaired) electrons. The van der Waals surface area contributed by atoms with Crippen LogP contribution < -0.4 is 5.32 Å². The quantitative estimate of drug-likeness (QED) is 0.493. The van der Waals surface area contributed by atoms with Crippen LogP contribution in [0.1, 0.15) is 20.3 Å². The molecular weight excluding hydrogens is 234 g/mol. The van der Waals surface area contributed by atoms with E-state index in [-0.39, 0.29) is 0 Å². The van der Waals surface area contributed by atoms with E-state index in [1.807, 2.05) is 56.6 Å². The Balaban J connectivity index is 4.33. The van der Waals surface area contributed by atoms with E-state index in [1.165, 1.54) is 0 Å². The summed E-state index contributed by atoms with van der Waals surface area (Å²) in [5.74, 6) is 0.665. The monoisotopic (exact) mass is 259 g/mol. The number of hydrogen-bond acceptors (Lipinski definition) is 2. The molecule has 0 rings (SSSR count). The maximum absolute atomic E-state index is 5.36. The van der Waals surface area contributed by atoms with E-state index in [1.54, 1.807) is 0 Å². The molecule has 0 fully saturated rings. The zero-order valence-electron chi connectivity index (χ0n) is 12.3. The van der Waals surface area contributed by atoms with Crippen molar-refractivity contribution in [2.75, 3.05) is 13.7 Å². The number of ether oxygens (including phenoxy) is 1. The molecular formula is C17H25NO. The molecule has 0 aromatic heterocycles. The Hall–Kier alpha value is -1.96. The van der Waals surface area contributed by atoms with E-state index in [4.69, 9.17) is 4.74 Å². The minimum atomic E-state index is 0.665. The molecule has 2 heteroatoms. The molecule has 0 spiro atoms. The van der Waals surface area contributed by atoms with Crippen molar-refractivity contribution in [3.63, 3.8) is 0 Å². The van der Waals surface area contributed by atoms with E-state index in [0.29, 0.717) is 12.4 Å². The summed E-state index contributed by atoms with van der Waals surface area (Å²) in [6.45, 7) is 12.5. The normalized spacial score (nSPS) is 12.5. The fourth-order valence-corrected chi connectivity index (χ4v) is 1.17. The Bertz CT molecular complexity index is 397. The number of rotatable bonds is 9. The SMILES string of the molecule is C=C(/C=C\C(=C)OCCC)/C=C/C(/C=C\NC)=C/C. The highest BCUT2D eigenvalue weighted by Gasteiger charge is 1.88. The molecule has 0 aliphatic carbocycles. The van der Waals surface area contributed by atoms with Crippen LogP contribution in [-0.2, 0) is 4.74 Å². The van der Waals surface area contributed by atoms with Gasteiger partial charge in [0.05, 0.1) is 6.61 Å². The molecule has 0 aliphatic rings. The zero-order chi connectivity index (χ0) is 14.5. The van der Waals surface area contributed by atoms with Gasteiger partial charge in [-0.15, -0.1) is 0 Å². The third-order valence-electron chi connectivity index (χ3n) is 2.24. The fraction of sp³-hybridized carbons (Fsp3) is 0.294. The standard InChI is InChI=1S/C17H25NO/c1-6-14-19-16(4)10-8-15(3)9-11-17(7-2)12-13-18-5/h7-13,18H,3-4,6,14H2,1-2,5H3/b10-8-,11-9+,13-12-,17-7-. The molecule has 1 N–H and O–H groups in total. The molecule has 0 bridgehead atoms. The van der Waals surface area contributed by atoms with Gasteiger partial charge >= 0.3 is 0 Å². The van der Waals surface area contributed by atoms with Crippen LogP contribution in [0.25, 0.3) is 0 Å². The first-order valence-corrected chi connectivity index (χ1v) is 6.51. The molecule has 0 saturated heterocycles. The van der Waals surface area contributed by atoms with Crippen LogP contribution in [0.2, 0.25) is 0 Å². The van der Waals surface area contributed by atoms with Crippen molar-refractivity contribution in [3.8, 4) is 0 Å². The second-order valence-electron chi connectivity index (χ2n) is 3.97. The van der Waals surface area contributed by atoms with Crippen molar-refractivity contribution in [2.24, 2.45) is 0 Å². The number of nitrogens with one attached hydrogen (secondary N) is 1. The van der Waals surface area contributed by atoms with E-state index < -0.39 is 0 Å². The Morgan fingerprint density at radius 1 is 1.11 bits per heavy atom. The minimum absolute atomic E-state index is 0.665. The lowest BCUT2D eigenvalue weighted by atomic mass is 10.1. The van der Waals surface area contributed by atoms with Gasteiger partial charge in [0.25, 0.3) is 0 Å².